The van der Waals surface area contributed by atoms with E-state index >= 15 is 0 Å². The van der Waals surface area contributed by atoms with E-state index < -0.39 is 23.9 Å². The molecule has 2 aromatic heterocycles. The van der Waals surface area contributed by atoms with Crippen molar-refractivity contribution in [3.63, 3.8) is 0 Å². The Morgan fingerprint density at radius 1 is 0.927 bits per heavy atom. The molecule has 2 heterocycles. The Labute approximate surface area is 237 Å². The number of hydrogen-bond donors (Lipinski definition) is 2. The van der Waals surface area contributed by atoms with Crippen molar-refractivity contribution < 1.29 is 23.9 Å². The first-order valence-corrected chi connectivity index (χ1v) is 13.4. The van der Waals surface area contributed by atoms with Gasteiger partial charge in [0, 0.05) is 24.0 Å². The van der Waals surface area contributed by atoms with Gasteiger partial charge in [0.25, 0.3) is 5.91 Å². The zero-order valence-corrected chi connectivity index (χ0v) is 23.2. The highest BCUT2D eigenvalue weighted by Gasteiger charge is 2.24. The van der Waals surface area contributed by atoms with Gasteiger partial charge < -0.3 is 20.5 Å². The third-order valence-corrected chi connectivity index (χ3v) is 6.25. The smallest absolute Gasteiger partial charge is 0.328 e. The molecule has 0 aliphatic carbocycles. The number of fused-ring (bicyclic) bond motifs is 1. The van der Waals surface area contributed by atoms with E-state index in [1.54, 1.807) is 44.3 Å². The summed E-state index contributed by atoms with van der Waals surface area (Å²) in [4.78, 5) is 55.0. The van der Waals surface area contributed by atoms with Gasteiger partial charge in [0.1, 0.15) is 11.6 Å². The second-order valence-electron chi connectivity index (χ2n) is 9.32. The molecule has 0 fully saturated rings. The molecule has 4 rings (SSSR count). The Morgan fingerprint density at radius 2 is 1.63 bits per heavy atom. The molecule has 0 saturated carbocycles. The monoisotopic (exact) mass is 556 g/mol. The van der Waals surface area contributed by atoms with E-state index in [0.717, 1.165) is 16.7 Å². The van der Waals surface area contributed by atoms with Crippen LogP contribution in [0.5, 0.6) is 0 Å². The highest BCUT2D eigenvalue weighted by Crippen LogP contribution is 2.22. The van der Waals surface area contributed by atoms with E-state index in [1.165, 1.54) is 0 Å². The predicted molar refractivity (Wildman–Crippen MR) is 153 cm³/mol. The first-order valence-electron chi connectivity index (χ1n) is 13.4. The lowest BCUT2D eigenvalue weighted by Crippen LogP contribution is -2.42. The number of nitrogens with zero attached hydrogens (tertiary/aromatic N) is 4. The van der Waals surface area contributed by atoms with E-state index in [2.05, 4.69) is 20.3 Å². The van der Waals surface area contributed by atoms with Gasteiger partial charge in [0.2, 0.25) is 5.95 Å². The maximum absolute atomic E-state index is 12.9. The summed E-state index contributed by atoms with van der Waals surface area (Å²) < 4.78 is 9.99. The molecule has 3 N–H and O–H groups in total. The van der Waals surface area contributed by atoms with Crippen molar-refractivity contribution in [3.8, 4) is 11.3 Å². The topological polar surface area (TPSA) is 159 Å². The van der Waals surface area contributed by atoms with Crippen LogP contribution in [0.1, 0.15) is 53.9 Å². The lowest BCUT2D eigenvalue weighted by molar-refractivity contribution is -0.146. The molecule has 0 spiro atoms. The van der Waals surface area contributed by atoms with Crippen LogP contribution in [-0.4, -0.2) is 57.0 Å². The number of ether oxygens (including phenoxy) is 2. The lowest BCUT2D eigenvalue weighted by Gasteiger charge is -2.17. The molecular formula is C30H32N6O5. The standard InChI is InChI=1S/C30H32N6O5/c1-4-40-25(37)15-14-22(29(39)41-5-2)34-28(38)21-12-8-19(9-13-21)16-23-26-27(36-30(31)35-23)32-17-24(33-26)20-10-6-18(3)7-11-20/h6-13,17,22H,4-5,14-16H2,1-3H3,(H,34,38)(H2,31,32,35,36)/t22-/m0/s1. The largest absolute Gasteiger partial charge is 0.466 e. The number of benzene rings is 2. The van der Waals surface area contributed by atoms with Gasteiger partial charge in [0.05, 0.1) is 30.8 Å². The number of amides is 1. The molecule has 1 amide bonds. The molecule has 11 heteroatoms. The van der Waals surface area contributed by atoms with Gasteiger partial charge in [-0.1, -0.05) is 42.0 Å². The van der Waals surface area contributed by atoms with E-state index in [-0.39, 0.29) is 32.0 Å². The Morgan fingerprint density at radius 3 is 2.32 bits per heavy atom. The molecule has 2 aromatic carbocycles. The third kappa shape index (κ3) is 7.59. The summed E-state index contributed by atoms with van der Waals surface area (Å²) in [6.07, 6.45) is 2.07. The predicted octanol–water partition coefficient (Wildman–Crippen LogP) is 3.57. The molecule has 0 aliphatic rings. The van der Waals surface area contributed by atoms with Gasteiger partial charge in [-0.3, -0.25) is 9.59 Å². The fourth-order valence-corrected chi connectivity index (χ4v) is 4.17. The number of aromatic nitrogens is 4. The number of carbonyl (C=O) groups excluding carboxylic acids is 3. The van der Waals surface area contributed by atoms with Crippen molar-refractivity contribution in [2.75, 3.05) is 18.9 Å². The number of hydrogen-bond acceptors (Lipinski definition) is 10. The molecule has 0 saturated heterocycles. The molecule has 1 atom stereocenters. The van der Waals surface area contributed by atoms with Crippen molar-refractivity contribution in [1.82, 2.24) is 25.3 Å². The van der Waals surface area contributed by atoms with Gasteiger partial charge in [0.15, 0.2) is 5.65 Å². The molecule has 0 bridgehead atoms. The fourth-order valence-electron chi connectivity index (χ4n) is 4.17. The van der Waals surface area contributed by atoms with Crippen molar-refractivity contribution in [2.24, 2.45) is 0 Å². The summed E-state index contributed by atoms with van der Waals surface area (Å²) in [5, 5.41) is 2.66. The first kappa shape index (κ1) is 29.1. The number of esters is 2. The van der Waals surface area contributed by atoms with Crippen LogP contribution in [0, 0.1) is 6.92 Å². The van der Waals surface area contributed by atoms with Crippen molar-refractivity contribution in [1.29, 1.82) is 0 Å². The zero-order valence-electron chi connectivity index (χ0n) is 23.2. The van der Waals surface area contributed by atoms with Crippen molar-refractivity contribution >= 4 is 35.0 Å². The van der Waals surface area contributed by atoms with Crippen molar-refractivity contribution in [3.05, 3.63) is 77.1 Å². The number of anilines is 1. The van der Waals surface area contributed by atoms with Crippen LogP contribution in [0.4, 0.5) is 5.95 Å². The minimum Gasteiger partial charge on any atom is -0.466 e. The van der Waals surface area contributed by atoms with E-state index in [9.17, 15) is 14.4 Å². The molecule has 4 aromatic rings. The minimum absolute atomic E-state index is 0.0267. The second kappa shape index (κ2) is 13.4. The summed E-state index contributed by atoms with van der Waals surface area (Å²) >= 11 is 0. The SMILES string of the molecule is CCOC(=O)CC[C@H](NC(=O)c1ccc(Cc2nc(N)nc3ncc(-c4ccc(C)cc4)nc23)cc1)C(=O)OCC. The van der Waals surface area contributed by atoms with Gasteiger partial charge >= 0.3 is 11.9 Å². The second-order valence-corrected chi connectivity index (χ2v) is 9.32. The summed E-state index contributed by atoms with van der Waals surface area (Å²) in [5.41, 5.74) is 11.4. The lowest BCUT2D eigenvalue weighted by atomic mass is 10.1. The molecule has 41 heavy (non-hydrogen) atoms. The molecule has 0 aliphatic heterocycles. The van der Waals surface area contributed by atoms with Crippen LogP contribution in [-0.2, 0) is 25.5 Å². The average molecular weight is 557 g/mol. The van der Waals surface area contributed by atoms with Crippen LogP contribution in [0.2, 0.25) is 0 Å². The Bertz CT molecular complexity index is 1540. The van der Waals surface area contributed by atoms with E-state index in [0.29, 0.717) is 34.5 Å². The number of rotatable bonds is 11. The Kier molecular flexibility index (Phi) is 9.51. The Balaban J connectivity index is 1.51. The fraction of sp³-hybridized carbons (Fsp3) is 0.300. The molecular weight excluding hydrogens is 524 g/mol. The van der Waals surface area contributed by atoms with E-state index in [1.807, 2.05) is 31.2 Å². The van der Waals surface area contributed by atoms with Gasteiger partial charge in [-0.25, -0.2) is 19.7 Å². The number of nitrogen functional groups attached to an aromatic ring is 1. The summed E-state index contributed by atoms with van der Waals surface area (Å²) in [6, 6.07) is 13.9. The summed E-state index contributed by atoms with van der Waals surface area (Å²) in [6.45, 7) is 5.77. The van der Waals surface area contributed by atoms with Crippen LogP contribution in [0.25, 0.3) is 22.4 Å². The zero-order chi connectivity index (χ0) is 29.4. The number of aryl methyl sites for hydroxylation is 1. The minimum atomic E-state index is -0.983. The van der Waals surface area contributed by atoms with Crippen LogP contribution < -0.4 is 11.1 Å². The summed E-state index contributed by atoms with van der Waals surface area (Å²) in [7, 11) is 0. The third-order valence-electron chi connectivity index (χ3n) is 6.25. The van der Waals surface area contributed by atoms with Crippen LogP contribution in [0.3, 0.4) is 0 Å². The van der Waals surface area contributed by atoms with Gasteiger partial charge in [-0.05, 0) is 44.9 Å². The molecule has 0 radical (unpaired) electrons. The number of carbonyl (C=O) groups is 3. The maximum atomic E-state index is 12.9. The molecule has 0 unspecified atom stereocenters. The van der Waals surface area contributed by atoms with Crippen LogP contribution in [0.15, 0.2) is 54.7 Å². The Hall–Kier alpha value is -4.93. The summed E-state index contributed by atoms with van der Waals surface area (Å²) in [5.74, 6) is -1.44. The maximum Gasteiger partial charge on any atom is 0.328 e. The van der Waals surface area contributed by atoms with E-state index in [4.69, 9.17) is 20.2 Å². The number of nitrogens with two attached hydrogens (primary N) is 1. The highest BCUT2D eigenvalue weighted by molar-refractivity contribution is 5.97. The first-order chi connectivity index (χ1) is 19.8. The van der Waals surface area contributed by atoms with Gasteiger partial charge in [-0.15, -0.1) is 0 Å². The average Bonchev–Trinajstić information content (AvgIpc) is 2.96. The number of nitrogens with one attached hydrogen (secondary N) is 1. The quantitative estimate of drug-likeness (QED) is 0.261. The molecule has 212 valence electrons. The highest BCUT2D eigenvalue weighted by atomic mass is 16.5. The van der Waals surface area contributed by atoms with Gasteiger partial charge in [-0.2, -0.15) is 4.98 Å². The normalized spacial score (nSPS) is 11.6. The van der Waals surface area contributed by atoms with Crippen molar-refractivity contribution in [2.45, 2.75) is 46.1 Å². The van der Waals surface area contributed by atoms with Crippen LogP contribution >= 0.6 is 0 Å². The molecule has 11 nitrogen and oxygen atoms in total.